The van der Waals surface area contributed by atoms with Gasteiger partial charge in [0.15, 0.2) is 0 Å². The molecule has 1 unspecified atom stereocenters. The van der Waals surface area contributed by atoms with Gasteiger partial charge in [-0.25, -0.2) is 4.98 Å². The SMILES string of the molecule is COC(=O)C(CNC(=O)Cc1csc(C(C)(C)C)n1)Cc1ccc(O)cc1. The van der Waals surface area contributed by atoms with Crippen molar-refractivity contribution >= 4 is 23.2 Å². The molecule has 0 radical (unpaired) electrons. The molecule has 1 aromatic carbocycles. The zero-order valence-electron chi connectivity index (χ0n) is 16.1. The number of phenolic OH excluding ortho intramolecular Hbond substituents is 1. The van der Waals surface area contributed by atoms with Crippen LogP contribution in [0.5, 0.6) is 5.75 Å². The number of aromatic hydroxyl groups is 1. The molecular formula is C20H26N2O4S. The van der Waals surface area contributed by atoms with Crippen LogP contribution in [0.15, 0.2) is 29.6 Å². The van der Waals surface area contributed by atoms with Crippen LogP contribution in [0.3, 0.4) is 0 Å². The summed E-state index contributed by atoms with van der Waals surface area (Å²) in [6.07, 6.45) is 0.595. The number of phenols is 1. The summed E-state index contributed by atoms with van der Waals surface area (Å²) in [6, 6.07) is 6.63. The number of aromatic nitrogens is 1. The molecule has 1 atom stereocenters. The maximum Gasteiger partial charge on any atom is 0.310 e. The molecule has 0 bridgehead atoms. The van der Waals surface area contributed by atoms with Gasteiger partial charge in [-0.2, -0.15) is 0 Å². The zero-order valence-corrected chi connectivity index (χ0v) is 16.9. The molecule has 7 heteroatoms. The molecule has 6 nitrogen and oxygen atoms in total. The Bertz CT molecular complexity index is 778. The van der Waals surface area contributed by atoms with Crippen LogP contribution >= 0.6 is 11.3 Å². The van der Waals surface area contributed by atoms with Crippen molar-refractivity contribution < 1.29 is 19.4 Å². The smallest absolute Gasteiger partial charge is 0.310 e. The third-order valence-corrected chi connectivity index (χ3v) is 5.35. The van der Waals surface area contributed by atoms with Gasteiger partial charge in [-0.15, -0.1) is 11.3 Å². The van der Waals surface area contributed by atoms with Gasteiger partial charge in [0.1, 0.15) is 5.75 Å². The molecule has 0 fully saturated rings. The lowest BCUT2D eigenvalue weighted by atomic mass is 9.98. The lowest BCUT2D eigenvalue weighted by Gasteiger charge is -2.15. The van der Waals surface area contributed by atoms with Gasteiger partial charge in [0.2, 0.25) is 5.91 Å². The van der Waals surface area contributed by atoms with Crippen molar-refractivity contribution in [3.63, 3.8) is 0 Å². The molecule has 2 aromatic rings. The van der Waals surface area contributed by atoms with Crippen LogP contribution in [-0.4, -0.2) is 35.6 Å². The number of carbonyl (C=O) groups is 2. The van der Waals surface area contributed by atoms with E-state index in [4.69, 9.17) is 4.74 Å². The fraction of sp³-hybridized carbons (Fsp3) is 0.450. The van der Waals surface area contributed by atoms with Crippen molar-refractivity contribution in [3.05, 3.63) is 45.9 Å². The summed E-state index contributed by atoms with van der Waals surface area (Å²) in [5.41, 5.74) is 1.57. The van der Waals surface area contributed by atoms with Crippen molar-refractivity contribution in [1.29, 1.82) is 0 Å². The minimum absolute atomic E-state index is 0.0422. The summed E-state index contributed by atoms with van der Waals surface area (Å²) in [5, 5.41) is 15.1. The molecule has 0 aliphatic carbocycles. The number of esters is 1. The van der Waals surface area contributed by atoms with Crippen LogP contribution in [0, 0.1) is 5.92 Å². The minimum Gasteiger partial charge on any atom is -0.508 e. The fourth-order valence-electron chi connectivity index (χ4n) is 2.52. The van der Waals surface area contributed by atoms with Crippen LogP contribution in [-0.2, 0) is 32.6 Å². The molecule has 1 heterocycles. The van der Waals surface area contributed by atoms with Crippen molar-refractivity contribution in [2.75, 3.05) is 13.7 Å². The second-order valence-corrected chi connectivity index (χ2v) is 8.32. The van der Waals surface area contributed by atoms with E-state index in [0.29, 0.717) is 6.42 Å². The second-order valence-electron chi connectivity index (χ2n) is 7.47. The van der Waals surface area contributed by atoms with Crippen molar-refractivity contribution in [2.45, 2.75) is 39.0 Å². The van der Waals surface area contributed by atoms with Crippen LogP contribution in [0.4, 0.5) is 0 Å². The highest BCUT2D eigenvalue weighted by Gasteiger charge is 2.22. The normalized spacial score (nSPS) is 12.4. The quantitative estimate of drug-likeness (QED) is 0.710. The predicted octanol–water partition coefficient (Wildman–Crippen LogP) is 2.84. The molecule has 2 N–H and O–H groups in total. The Kier molecular flexibility index (Phi) is 6.96. The van der Waals surface area contributed by atoms with Crippen LogP contribution in [0.25, 0.3) is 0 Å². The van der Waals surface area contributed by atoms with Gasteiger partial charge in [0.05, 0.1) is 30.2 Å². The standard InChI is InChI=1S/C20H26N2O4S/c1-20(2,3)19-22-15(12-27-19)10-17(24)21-11-14(18(25)26-4)9-13-5-7-16(23)8-6-13/h5-8,12,14,23H,9-11H2,1-4H3,(H,21,24). The molecule has 0 aliphatic rings. The van der Waals surface area contributed by atoms with Gasteiger partial charge in [-0.1, -0.05) is 32.9 Å². The first-order valence-electron chi connectivity index (χ1n) is 8.76. The van der Waals surface area contributed by atoms with Crippen LogP contribution in [0.2, 0.25) is 0 Å². The Balaban J connectivity index is 1.93. The van der Waals surface area contributed by atoms with Crippen LogP contribution < -0.4 is 5.32 Å². The van der Waals surface area contributed by atoms with E-state index in [0.717, 1.165) is 16.3 Å². The third-order valence-electron chi connectivity index (χ3n) is 4.03. The summed E-state index contributed by atoms with van der Waals surface area (Å²) < 4.78 is 4.85. The van der Waals surface area contributed by atoms with Gasteiger partial charge in [0.25, 0.3) is 0 Å². The molecule has 0 aliphatic heterocycles. The Hall–Kier alpha value is -2.41. The molecule has 2 rings (SSSR count). The molecule has 0 saturated heterocycles. The number of hydrogen-bond donors (Lipinski definition) is 2. The van der Waals surface area contributed by atoms with E-state index >= 15 is 0 Å². The van der Waals surface area contributed by atoms with Gasteiger partial charge < -0.3 is 15.2 Å². The molecule has 27 heavy (non-hydrogen) atoms. The molecule has 146 valence electrons. The summed E-state index contributed by atoms with van der Waals surface area (Å²) in [6.45, 7) is 6.43. The fourth-order valence-corrected chi connectivity index (χ4v) is 3.43. The maximum atomic E-state index is 12.3. The van der Waals surface area contributed by atoms with E-state index in [1.165, 1.54) is 7.11 Å². The van der Waals surface area contributed by atoms with Crippen molar-refractivity contribution in [3.8, 4) is 5.75 Å². The number of benzene rings is 1. The third kappa shape index (κ3) is 6.36. The largest absolute Gasteiger partial charge is 0.508 e. The number of nitrogens with zero attached hydrogens (tertiary/aromatic N) is 1. The zero-order chi connectivity index (χ0) is 20.0. The highest BCUT2D eigenvalue weighted by atomic mass is 32.1. The molecule has 1 amide bonds. The average molecular weight is 391 g/mol. The summed E-state index contributed by atoms with van der Waals surface area (Å²) in [7, 11) is 1.33. The topological polar surface area (TPSA) is 88.5 Å². The van der Waals surface area contributed by atoms with Crippen LogP contribution in [0.1, 0.15) is 37.0 Å². The number of methoxy groups -OCH3 is 1. The van der Waals surface area contributed by atoms with Gasteiger partial charge in [0, 0.05) is 17.3 Å². The second kappa shape index (κ2) is 8.99. The van der Waals surface area contributed by atoms with Crippen molar-refractivity contribution in [1.82, 2.24) is 10.3 Å². The van der Waals surface area contributed by atoms with Gasteiger partial charge in [-0.05, 0) is 24.1 Å². The minimum atomic E-state index is -0.496. The monoisotopic (exact) mass is 390 g/mol. The lowest BCUT2D eigenvalue weighted by molar-refractivity contribution is -0.145. The van der Waals surface area contributed by atoms with E-state index in [1.54, 1.807) is 35.6 Å². The molecular weight excluding hydrogens is 364 g/mol. The first-order valence-corrected chi connectivity index (χ1v) is 9.64. The summed E-state index contributed by atoms with van der Waals surface area (Å²) >= 11 is 1.55. The maximum absolute atomic E-state index is 12.3. The van der Waals surface area contributed by atoms with E-state index in [-0.39, 0.29) is 36.0 Å². The number of ether oxygens (including phenoxy) is 1. The predicted molar refractivity (Wildman–Crippen MR) is 105 cm³/mol. The number of nitrogens with one attached hydrogen (secondary N) is 1. The number of carbonyl (C=O) groups excluding carboxylic acids is 2. The van der Waals surface area contributed by atoms with Gasteiger partial charge >= 0.3 is 5.97 Å². The first-order chi connectivity index (χ1) is 12.7. The first kappa shape index (κ1) is 20.9. The van der Waals surface area contributed by atoms with Gasteiger partial charge in [-0.3, -0.25) is 9.59 Å². The summed E-state index contributed by atoms with van der Waals surface area (Å²) in [5.74, 6) is -0.893. The number of rotatable bonds is 7. The molecule has 0 spiro atoms. The summed E-state index contributed by atoms with van der Waals surface area (Å²) in [4.78, 5) is 28.8. The highest BCUT2D eigenvalue weighted by Crippen LogP contribution is 2.25. The van der Waals surface area contributed by atoms with E-state index in [9.17, 15) is 14.7 Å². The Morgan fingerprint density at radius 3 is 2.48 bits per heavy atom. The lowest BCUT2D eigenvalue weighted by Crippen LogP contribution is -2.35. The molecule has 1 aromatic heterocycles. The van der Waals surface area contributed by atoms with E-state index in [1.807, 2.05) is 5.38 Å². The van der Waals surface area contributed by atoms with Crippen molar-refractivity contribution in [2.24, 2.45) is 5.92 Å². The average Bonchev–Trinajstić information content (AvgIpc) is 3.08. The van der Waals surface area contributed by atoms with E-state index < -0.39 is 5.92 Å². The Labute approximate surface area is 163 Å². The van der Waals surface area contributed by atoms with E-state index in [2.05, 4.69) is 31.1 Å². The number of hydrogen-bond acceptors (Lipinski definition) is 6. The highest BCUT2D eigenvalue weighted by molar-refractivity contribution is 7.09. The molecule has 0 saturated carbocycles. The number of amides is 1. The Morgan fingerprint density at radius 2 is 1.93 bits per heavy atom. The number of thiazole rings is 1. The Morgan fingerprint density at radius 1 is 1.26 bits per heavy atom.